The van der Waals surface area contributed by atoms with E-state index in [1.165, 1.54) is 11.3 Å². The summed E-state index contributed by atoms with van der Waals surface area (Å²) in [4.78, 5) is 31.4. The summed E-state index contributed by atoms with van der Waals surface area (Å²) in [6.45, 7) is 5.48. The van der Waals surface area contributed by atoms with Crippen LogP contribution in [-0.4, -0.2) is 54.5 Å². The summed E-state index contributed by atoms with van der Waals surface area (Å²) in [5, 5.41) is 6.34. The van der Waals surface area contributed by atoms with Crippen LogP contribution in [0, 0.1) is 0 Å². The molecule has 2 heterocycles. The van der Waals surface area contributed by atoms with Crippen LogP contribution in [0.3, 0.4) is 0 Å². The second-order valence-corrected chi connectivity index (χ2v) is 9.01. The van der Waals surface area contributed by atoms with E-state index in [-0.39, 0.29) is 11.8 Å². The molecule has 0 spiro atoms. The number of ether oxygens (including phenoxy) is 1. The maximum Gasteiger partial charge on any atom is 0.270 e. The third kappa shape index (κ3) is 7.02. The van der Waals surface area contributed by atoms with Crippen molar-refractivity contribution in [3.63, 3.8) is 0 Å². The lowest BCUT2D eigenvalue weighted by atomic mass is 9.97. The zero-order valence-corrected chi connectivity index (χ0v) is 19.5. The second-order valence-electron chi connectivity index (χ2n) is 7.72. The van der Waals surface area contributed by atoms with E-state index in [2.05, 4.69) is 17.2 Å². The minimum Gasteiger partial charge on any atom is -0.381 e. The number of nitrogens with zero attached hydrogens (tertiary/aromatic N) is 2. The molecule has 0 aliphatic carbocycles. The molecule has 0 bridgehead atoms. The van der Waals surface area contributed by atoms with Crippen molar-refractivity contribution in [3.05, 3.63) is 50.9 Å². The number of nitrogens with one attached hydrogen (secondary N) is 1. The van der Waals surface area contributed by atoms with Crippen LogP contribution in [0.15, 0.2) is 29.6 Å². The summed E-state index contributed by atoms with van der Waals surface area (Å²) in [5.41, 5.74) is 1.34. The van der Waals surface area contributed by atoms with Gasteiger partial charge in [0, 0.05) is 49.2 Å². The predicted octanol–water partition coefficient (Wildman–Crippen LogP) is 4.29. The highest BCUT2D eigenvalue weighted by atomic mass is 35.5. The number of aromatic nitrogens is 1. The molecule has 0 radical (unpaired) electrons. The summed E-state index contributed by atoms with van der Waals surface area (Å²) < 4.78 is 5.42. The Morgan fingerprint density at radius 2 is 2.03 bits per heavy atom. The highest BCUT2D eigenvalue weighted by molar-refractivity contribution is 7.09. The van der Waals surface area contributed by atoms with Crippen molar-refractivity contribution in [1.29, 1.82) is 0 Å². The Hall–Kier alpha value is -1.96. The smallest absolute Gasteiger partial charge is 0.270 e. The molecular weight excluding hydrogens is 434 g/mol. The van der Waals surface area contributed by atoms with Crippen LogP contribution in [0.1, 0.15) is 59.6 Å². The summed E-state index contributed by atoms with van der Waals surface area (Å²) in [5.74, 6) is 0.261. The van der Waals surface area contributed by atoms with Crippen molar-refractivity contribution < 1.29 is 14.3 Å². The first-order chi connectivity index (χ1) is 15.1. The molecule has 0 saturated carbocycles. The molecule has 8 heteroatoms. The first kappa shape index (κ1) is 23.7. The molecule has 6 nitrogen and oxygen atoms in total. The van der Waals surface area contributed by atoms with E-state index in [9.17, 15) is 9.59 Å². The van der Waals surface area contributed by atoms with Gasteiger partial charge in [-0.2, -0.15) is 0 Å². The molecule has 168 valence electrons. The van der Waals surface area contributed by atoms with E-state index in [1.54, 1.807) is 0 Å². The molecule has 3 rings (SSSR count). The summed E-state index contributed by atoms with van der Waals surface area (Å²) in [6, 6.07) is 7.48. The van der Waals surface area contributed by atoms with E-state index in [1.807, 2.05) is 34.5 Å². The number of hydrogen-bond donors (Lipinski definition) is 1. The van der Waals surface area contributed by atoms with Crippen LogP contribution in [0.25, 0.3) is 0 Å². The topological polar surface area (TPSA) is 71.5 Å². The maximum atomic E-state index is 12.6. The average Bonchev–Trinajstić information content (AvgIpc) is 3.28. The summed E-state index contributed by atoms with van der Waals surface area (Å²) in [7, 11) is 0. The largest absolute Gasteiger partial charge is 0.381 e. The van der Waals surface area contributed by atoms with Crippen LogP contribution >= 0.6 is 22.9 Å². The van der Waals surface area contributed by atoms with Gasteiger partial charge >= 0.3 is 0 Å². The molecule has 1 aliphatic rings. The number of amides is 2. The SMILES string of the molecule is CCCOCCCNC(=O)c1csc(C2CCN(C(=O)Cc3ccccc3Cl)CC2)n1. The Kier molecular flexibility index (Phi) is 9.31. The quantitative estimate of drug-likeness (QED) is 0.533. The number of carbonyl (C=O) groups is 2. The molecule has 1 aromatic carbocycles. The molecule has 1 aliphatic heterocycles. The zero-order chi connectivity index (χ0) is 22.1. The van der Waals surface area contributed by atoms with Crippen molar-refractivity contribution in [2.24, 2.45) is 0 Å². The predicted molar refractivity (Wildman–Crippen MR) is 124 cm³/mol. The normalized spacial score (nSPS) is 14.6. The molecule has 2 amide bonds. The molecule has 31 heavy (non-hydrogen) atoms. The van der Waals surface area contributed by atoms with Gasteiger partial charge in [-0.05, 0) is 37.3 Å². The standard InChI is InChI=1S/C23H30ClN3O3S/c1-2-13-30-14-5-10-25-22(29)20-16-31-23(26-20)17-8-11-27(12-9-17)21(28)15-18-6-3-4-7-19(18)24/h3-4,6-7,16-17H,2,5,8-15H2,1H3,(H,25,29). The third-order valence-corrected chi connectivity index (χ3v) is 6.73. The fourth-order valence-electron chi connectivity index (χ4n) is 3.58. The minimum atomic E-state index is -0.134. The van der Waals surface area contributed by atoms with Gasteiger partial charge in [0.15, 0.2) is 0 Å². The zero-order valence-electron chi connectivity index (χ0n) is 17.9. The lowest BCUT2D eigenvalue weighted by Gasteiger charge is -2.31. The van der Waals surface area contributed by atoms with Crippen molar-refractivity contribution in [3.8, 4) is 0 Å². The average molecular weight is 464 g/mol. The molecule has 1 fully saturated rings. The fraction of sp³-hybridized carbons (Fsp3) is 0.522. The van der Waals surface area contributed by atoms with Crippen LogP contribution < -0.4 is 5.32 Å². The molecular formula is C23H30ClN3O3S. The Morgan fingerprint density at radius 1 is 1.26 bits per heavy atom. The van der Waals surface area contributed by atoms with E-state index in [0.29, 0.717) is 49.3 Å². The summed E-state index contributed by atoms with van der Waals surface area (Å²) >= 11 is 7.71. The molecule has 1 aromatic heterocycles. The minimum absolute atomic E-state index is 0.105. The highest BCUT2D eigenvalue weighted by Gasteiger charge is 2.26. The van der Waals surface area contributed by atoms with Crippen molar-refractivity contribution >= 4 is 34.8 Å². The van der Waals surface area contributed by atoms with Gasteiger partial charge < -0.3 is 15.0 Å². The van der Waals surface area contributed by atoms with Gasteiger partial charge in [0.05, 0.1) is 11.4 Å². The number of halogens is 1. The van der Waals surface area contributed by atoms with Gasteiger partial charge in [0.25, 0.3) is 5.91 Å². The maximum absolute atomic E-state index is 12.6. The van der Waals surface area contributed by atoms with Crippen LogP contribution in [0.4, 0.5) is 0 Å². The third-order valence-electron chi connectivity index (χ3n) is 5.35. The van der Waals surface area contributed by atoms with Crippen molar-refractivity contribution in [1.82, 2.24) is 15.2 Å². The molecule has 1 N–H and O–H groups in total. The number of rotatable bonds is 10. The van der Waals surface area contributed by atoms with E-state index >= 15 is 0 Å². The molecule has 2 aromatic rings. The van der Waals surface area contributed by atoms with E-state index < -0.39 is 0 Å². The number of thiazole rings is 1. The van der Waals surface area contributed by atoms with E-state index in [4.69, 9.17) is 16.3 Å². The summed E-state index contributed by atoms with van der Waals surface area (Å²) in [6.07, 6.45) is 3.84. The fourth-order valence-corrected chi connectivity index (χ4v) is 4.76. The lowest BCUT2D eigenvalue weighted by Crippen LogP contribution is -2.38. The van der Waals surface area contributed by atoms with Gasteiger partial charge in [-0.25, -0.2) is 4.98 Å². The molecule has 0 unspecified atom stereocenters. The molecule has 0 atom stereocenters. The van der Waals surface area contributed by atoms with Crippen LogP contribution in [-0.2, 0) is 16.0 Å². The van der Waals surface area contributed by atoms with Crippen molar-refractivity contribution in [2.75, 3.05) is 32.8 Å². The first-order valence-electron chi connectivity index (χ1n) is 10.9. The van der Waals surface area contributed by atoms with Crippen molar-refractivity contribution in [2.45, 2.75) is 44.9 Å². The number of hydrogen-bond acceptors (Lipinski definition) is 5. The Balaban J connectivity index is 1.43. The number of benzene rings is 1. The Morgan fingerprint density at radius 3 is 2.77 bits per heavy atom. The first-order valence-corrected chi connectivity index (χ1v) is 12.2. The second kappa shape index (κ2) is 12.2. The molecule has 1 saturated heterocycles. The van der Waals surface area contributed by atoms with Gasteiger partial charge in [-0.15, -0.1) is 11.3 Å². The van der Waals surface area contributed by atoms with Crippen LogP contribution in [0.5, 0.6) is 0 Å². The highest BCUT2D eigenvalue weighted by Crippen LogP contribution is 2.30. The lowest BCUT2D eigenvalue weighted by molar-refractivity contribution is -0.131. The van der Waals surface area contributed by atoms with Gasteiger partial charge in [-0.1, -0.05) is 36.7 Å². The van der Waals surface area contributed by atoms with Gasteiger partial charge in [-0.3, -0.25) is 9.59 Å². The Bertz CT molecular complexity index is 865. The number of piperidine rings is 1. The van der Waals surface area contributed by atoms with Gasteiger partial charge in [0.1, 0.15) is 5.69 Å². The number of carbonyl (C=O) groups excluding carboxylic acids is 2. The van der Waals surface area contributed by atoms with Crippen LogP contribution in [0.2, 0.25) is 5.02 Å². The Labute approximate surface area is 193 Å². The van der Waals surface area contributed by atoms with E-state index in [0.717, 1.165) is 42.9 Å². The monoisotopic (exact) mass is 463 g/mol. The number of likely N-dealkylation sites (tertiary alicyclic amines) is 1. The van der Waals surface area contributed by atoms with Gasteiger partial charge in [0.2, 0.25) is 5.91 Å².